The van der Waals surface area contributed by atoms with E-state index in [0.717, 1.165) is 29.9 Å². The summed E-state index contributed by atoms with van der Waals surface area (Å²) in [5, 5.41) is 0. The number of anilines is 1. The molecule has 1 aliphatic heterocycles. The molecule has 1 amide bonds. The van der Waals surface area contributed by atoms with Crippen molar-refractivity contribution in [3.8, 4) is 0 Å². The van der Waals surface area contributed by atoms with E-state index in [-0.39, 0.29) is 12.1 Å². The molecule has 1 aliphatic rings. The summed E-state index contributed by atoms with van der Waals surface area (Å²) in [5.41, 5.74) is 3.37. The Hall–Kier alpha value is -1.75. The molecule has 0 radical (unpaired) electrons. The van der Waals surface area contributed by atoms with Crippen molar-refractivity contribution < 1.29 is 14.0 Å². The van der Waals surface area contributed by atoms with E-state index >= 15 is 0 Å². The molecule has 1 unspecified atom stereocenters. The number of fused-ring (bicyclic) bond motifs is 1. The van der Waals surface area contributed by atoms with Gasteiger partial charge >= 0.3 is 6.09 Å². The number of hydrogen-bond donors (Lipinski definition) is 0. The highest BCUT2D eigenvalue weighted by molar-refractivity contribution is 6.78. The van der Waals surface area contributed by atoms with Gasteiger partial charge in [-0.25, -0.2) is 4.79 Å². The number of carbonyl (C=O) groups is 1. The third-order valence-corrected chi connectivity index (χ3v) is 12.9. The number of unbranched alkanes of at least 4 members (excludes halogenated alkanes) is 3. The standard InChI is InChI=1S/C27H45NO3Si/c1-9-11-12-13-16-23-19-26(31-32(20(3)4,21(5)6)22(7)8)24-17-14-15-18-25(24)28(23)27(29)30-10-2/h14-15,17-23H,9-13,16H2,1-8H3. The fraction of sp³-hybridized carbons (Fsp3) is 0.667. The molecule has 0 spiro atoms. The quantitative estimate of drug-likeness (QED) is 0.246. The van der Waals surface area contributed by atoms with Crippen LogP contribution in [0.25, 0.3) is 5.76 Å². The molecule has 2 rings (SSSR count). The zero-order valence-electron chi connectivity index (χ0n) is 21.6. The molecule has 0 aliphatic carbocycles. The molecule has 0 saturated carbocycles. The van der Waals surface area contributed by atoms with Crippen molar-refractivity contribution in [1.29, 1.82) is 0 Å². The molecule has 0 aromatic heterocycles. The third kappa shape index (κ3) is 5.59. The highest BCUT2D eigenvalue weighted by Gasteiger charge is 2.48. The van der Waals surface area contributed by atoms with Gasteiger partial charge in [0.2, 0.25) is 0 Å². The number of nitrogens with zero attached hydrogens (tertiary/aromatic N) is 1. The fourth-order valence-electron chi connectivity index (χ4n) is 5.46. The van der Waals surface area contributed by atoms with Gasteiger partial charge in [0.25, 0.3) is 8.32 Å². The van der Waals surface area contributed by atoms with E-state index in [1.54, 1.807) is 0 Å². The average molecular weight is 460 g/mol. The summed E-state index contributed by atoms with van der Waals surface area (Å²) in [6.45, 7) is 18.3. The molecule has 0 saturated heterocycles. The number of benzene rings is 1. The van der Waals surface area contributed by atoms with Gasteiger partial charge in [-0.1, -0.05) is 86.3 Å². The molecular weight excluding hydrogens is 414 g/mol. The zero-order chi connectivity index (χ0) is 23.9. The SMILES string of the molecule is CCCCCCC1C=C(O[Si](C(C)C)(C(C)C)C(C)C)c2ccccc2N1C(=O)OCC. The zero-order valence-corrected chi connectivity index (χ0v) is 22.6. The molecule has 5 heteroatoms. The minimum absolute atomic E-state index is 0.0472. The lowest BCUT2D eigenvalue weighted by molar-refractivity contribution is 0.157. The normalized spacial score (nSPS) is 16.4. The fourth-order valence-corrected chi connectivity index (χ4v) is 10.7. The summed E-state index contributed by atoms with van der Waals surface area (Å²) in [5.74, 6) is 0.962. The summed E-state index contributed by atoms with van der Waals surface area (Å²) < 4.78 is 12.6. The lowest BCUT2D eigenvalue weighted by atomic mass is 9.97. The molecule has 0 N–H and O–H groups in total. The maximum Gasteiger partial charge on any atom is 0.414 e. The molecule has 1 aromatic carbocycles. The predicted molar refractivity (Wildman–Crippen MR) is 139 cm³/mol. The van der Waals surface area contributed by atoms with Gasteiger partial charge in [-0.3, -0.25) is 4.90 Å². The van der Waals surface area contributed by atoms with E-state index in [1.807, 2.05) is 30.0 Å². The highest BCUT2D eigenvalue weighted by Crippen LogP contribution is 2.47. The number of ether oxygens (including phenoxy) is 1. The Morgan fingerprint density at radius 1 is 0.969 bits per heavy atom. The van der Waals surface area contributed by atoms with E-state index < -0.39 is 8.32 Å². The lowest BCUT2D eigenvalue weighted by Gasteiger charge is -2.45. The van der Waals surface area contributed by atoms with Crippen molar-refractivity contribution in [3.05, 3.63) is 35.9 Å². The maximum absolute atomic E-state index is 13.0. The van der Waals surface area contributed by atoms with Crippen LogP contribution in [0.15, 0.2) is 30.3 Å². The first-order valence-electron chi connectivity index (χ1n) is 12.7. The topological polar surface area (TPSA) is 38.8 Å². The molecule has 0 bridgehead atoms. The Morgan fingerprint density at radius 3 is 2.16 bits per heavy atom. The molecule has 180 valence electrons. The first-order valence-corrected chi connectivity index (χ1v) is 14.8. The Kier molecular flexibility index (Phi) is 9.87. The van der Waals surface area contributed by atoms with E-state index in [0.29, 0.717) is 23.2 Å². The average Bonchev–Trinajstić information content (AvgIpc) is 2.74. The van der Waals surface area contributed by atoms with Crippen molar-refractivity contribution in [2.24, 2.45) is 0 Å². The second kappa shape index (κ2) is 11.9. The first-order chi connectivity index (χ1) is 15.2. The summed E-state index contributed by atoms with van der Waals surface area (Å²) in [6, 6.07) is 8.10. The van der Waals surface area contributed by atoms with Gasteiger partial charge in [-0.2, -0.15) is 0 Å². The van der Waals surface area contributed by atoms with Crippen molar-refractivity contribution >= 4 is 25.9 Å². The Bertz CT molecular complexity index is 750. The molecule has 1 heterocycles. The van der Waals surface area contributed by atoms with Crippen LogP contribution in [0.2, 0.25) is 16.6 Å². The van der Waals surface area contributed by atoms with Gasteiger partial charge < -0.3 is 9.16 Å². The van der Waals surface area contributed by atoms with Crippen molar-refractivity contribution in [2.45, 2.75) is 110 Å². The second-order valence-corrected chi connectivity index (χ2v) is 15.3. The highest BCUT2D eigenvalue weighted by atomic mass is 28.4. The van der Waals surface area contributed by atoms with E-state index in [2.05, 4.69) is 60.6 Å². The maximum atomic E-state index is 13.0. The third-order valence-electron chi connectivity index (χ3n) is 6.92. The number of rotatable bonds is 11. The van der Waals surface area contributed by atoms with Crippen molar-refractivity contribution in [2.75, 3.05) is 11.5 Å². The van der Waals surface area contributed by atoms with Crippen LogP contribution >= 0.6 is 0 Å². The van der Waals surface area contributed by atoms with Gasteiger partial charge in [0, 0.05) is 5.56 Å². The van der Waals surface area contributed by atoms with Gasteiger partial charge in [0.1, 0.15) is 5.76 Å². The molecule has 1 atom stereocenters. The monoisotopic (exact) mass is 459 g/mol. The van der Waals surface area contributed by atoms with Crippen LogP contribution in [0.3, 0.4) is 0 Å². The lowest BCUT2D eigenvalue weighted by Crippen LogP contribution is -2.48. The van der Waals surface area contributed by atoms with Crippen molar-refractivity contribution in [3.63, 3.8) is 0 Å². The summed E-state index contributed by atoms with van der Waals surface area (Å²) in [4.78, 5) is 14.9. The largest absolute Gasteiger partial charge is 0.542 e. The Balaban J connectivity index is 2.54. The van der Waals surface area contributed by atoms with E-state index in [9.17, 15) is 4.79 Å². The molecule has 32 heavy (non-hydrogen) atoms. The van der Waals surface area contributed by atoms with Crippen LogP contribution in [-0.2, 0) is 9.16 Å². The predicted octanol–water partition coefficient (Wildman–Crippen LogP) is 8.54. The number of carbonyl (C=O) groups excluding carboxylic acids is 1. The van der Waals surface area contributed by atoms with E-state index in [4.69, 9.17) is 9.16 Å². The molecule has 0 fully saturated rings. The van der Waals surface area contributed by atoms with Crippen LogP contribution in [0.5, 0.6) is 0 Å². The van der Waals surface area contributed by atoms with Crippen molar-refractivity contribution in [1.82, 2.24) is 0 Å². The van der Waals surface area contributed by atoms with Crippen LogP contribution in [-0.4, -0.2) is 27.1 Å². The van der Waals surface area contributed by atoms with Crippen LogP contribution < -0.4 is 4.90 Å². The van der Waals surface area contributed by atoms with Crippen LogP contribution in [0.1, 0.15) is 93.1 Å². The van der Waals surface area contributed by atoms with Crippen LogP contribution in [0.4, 0.5) is 10.5 Å². The smallest absolute Gasteiger partial charge is 0.414 e. The van der Waals surface area contributed by atoms with Gasteiger partial charge in [-0.05, 0) is 48.2 Å². The molecule has 4 nitrogen and oxygen atoms in total. The van der Waals surface area contributed by atoms with Gasteiger partial charge in [0.05, 0.1) is 18.3 Å². The molecule has 1 aromatic rings. The Labute approximate surface area is 197 Å². The number of para-hydroxylation sites is 1. The summed E-state index contributed by atoms with van der Waals surface area (Å²) >= 11 is 0. The minimum atomic E-state index is -2.12. The number of amides is 1. The second-order valence-electron chi connectivity index (χ2n) is 9.95. The Morgan fingerprint density at radius 2 is 1.59 bits per heavy atom. The number of hydrogen-bond acceptors (Lipinski definition) is 3. The minimum Gasteiger partial charge on any atom is -0.542 e. The van der Waals surface area contributed by atoms with Gasteiger partial charge in [-0.15, -0.1) is 0 Å². The first kappa shape index (κ1) is 26.5. The summed E-state index contributed by atoms with van der Waals surface area (Å²) in [6.07, 6.45) is 7.54. The summed E-state index contributed by atoms with van der Waals surface area (Å²) in [7, 11) is -2.12. The van der Waals surface area contributed by atoms with E-state index in [1.165, 1.54) is 19.3 Å². The van der Waals surface area contributed by atoms with Gasteiger partial charge in [0.15, 0.2) is 0 Å². The molecular formula is C27H45NO3Si. The van der Waals surface area contributed by atoms with Crippen LogP contribution in [0, 0.1) is 0 Å².